The third-order valence-electron chi connectivity index (χ3n) is 2.50. The number of carbonyl (C=O) groups excluding carboxylic acids is 1. The van der Waals surface area contributed by atoms with Crippen LogP contribution < -0.4 is 5.32 Å². The number of nitrogens with zero attached hydrogens (tertiary/aromatic N) is 4. The van der Waals surface area contributed by atoms with Crippen molar-refractivity contribution in [2.45, 2.75) is 32.9 Å². The van der Waals surface area contributed by atoms with E-state index in [9.17, 15) is 4.79 Å². The molecule has 0 bridgehead atoms. The number of aromatic nitrogens is 4. The van der Waals surface area contributed by atoms with Gasteiger partial charge < -0.3 is 9.73 Å². The largest absolute Gasteiger partial charge is 0.461 e. The van der Waals surface area contributed by atoms with Crippen LogP contribution in [0.1, 0.15) is 20.3 Å². The highest BCUT2D eigenvalue weighted by Gasteiger charge is 2.11. The van der Waals surface area contributed by atoms with Gasteiger partial charge in [-0.15, -0.1) is 10.2 Å². The van der Waals surface area contributed by atoms with Gasteiger partial charge in [-0.05, 0) is 30.7 Å². The Morgan fingerprint density at radius 3 is 3.11 bits per heavy atom. The van der Waals surface area contributed by atoms with Crippen molar-refractivity contribution < 1.29 is 9.21 Å². The zero-order chi connectivity index (χ0) is 13.0. The highest BCUT2D eigenvalue weighted by molar-refractivity contribution is 5.75. The molecule has 1 N–H and O–H groups in total. The Bertz CT molecular complexity index is 505. The summed E-state index contributed by atoms with van der Waals surface area (Å²) in [4.78, 5) is 12.9. The molecule has 2 rings (SSSR count). The number of rotatable bonds is 5. The fourth-order valence-corrected chi connectivity index (χ4v) is 1.37. The molecule has 2 aromatic rings. The van der Waals surface area contributed by atoms with Crippen molar-refractivity contribution in [2.75, 3.05) is 0 Å². The maximum atomic E-state index is 11.6. The van der Waals surface area contributed by atoms with Gasteiger partial charge in [-0.3, -0.25) is 4.79 Å². The molecule has 2 aromatic heterocycles. The first-order valence-corrected chi connectivity index (χ1v) is 5.80. The Kier molecular flexibility index (Phi) is 3.71. The van der Waals surface area contributed by atoms with E-state index in [1.807, 2.05) is 13.8 Å². The third-order valence-corrected chi connectivity index (χ3v) is 2.50. The first-order chi connectivity index (χ1) is 8.69. The summed E-state index contributed by atoms with van der Waals surface area (Å²) in [6.45, 7) is 4.01. The summed E-state index contributed by atoms with van der Waals surface area (Å²) in [6, 6.07) is 3.62. The molecular formula is C11H15N5O2. The van der Waals surface area contributed by atoms with Crippen molar-refractivity contribution >= 4 is 5.91 Å². The number of furan rings is 1. The average Bonchev–Trinajstić information content (AvgIpc) is 2.98. The predicted molar refractivity (Wildman–Crippen MR) is 63.4 cm³/mol. The van der Waals surface area contributed by atoms with Gasteiger partial charge in [-0.2, -0.15) is 4.80 Å². The van der Waals surface area contributed by atoms with Crippen LogP contribution in [0, 0.1) is 0 Å². The minimum Gasteiger partial charge on any atom is -0.461 e. The van der Waals surface area contributed by atoms with Crippen LogP contribution in [-0.4, -0.2) is 32.2 Å². The van der Waals surface area contributed by atoms with Gasteiger partial charge in [0.25, 0.3) is 0 Å². The van der Waals surface area contributed by atoms with E-state index in [2.05, 4.69) is 20.7 Å². The molecule has 1 amide bonds. The Morgan fingerprint density at radius 2 is 2.44 bits per heavy atom. The van der Waals surface area contributed by atoms with E-state index in [0.717, 1.165) is 6.42 Å². The fourth-order valence-electron chi connectivity index (χ4n) is 1.37. The molecule has 0 fully saturated rings. The lowest BCUT2D eigenvalue weighted by atomic mass is 10.2. The second kappa shape index (κ2) is 5.44. The summed E-state index contributed by atoms with van der Waals surface area (Å²) >= 11 is 0. The smallest absolute Gasteiger partial charge is 0.243 e. The van der Waals surface area contributed by atoms with Gasteiger partial charge >= 0.3 is 0 Å². The molecule has 0 aliphatic heterocycles. The van der Waals surface area contributed by atoms with E-state index in [0.29, 0.717) is 11.6 Å². The molecule has 0 aromatic carbocycles. The highest BCUT2D eigenvalue weighted by Crippen LogP contribution is 2.12. The molecule has 0 spiro atoms. The number of carbonyl (C=O) groups is 1. The van der Waals surface area contributed by atoms with Crippen molar-refractivity contribution in [3.63, 3.8) is 0 Å². The van der Waals surface area contributed by atoms with Gasteiger partial charge in [0.2, 0.25) is 11.7 Å². The Morgan fingerprint density at radius 1 is 1.61 bits per heavy atom. The molecule has 96 valence electrons. The van der Waals surface area contributed by atoms with Crippen LogP contribution in [0.5, 0.6) is 0 Å². The van der Waals surface area contributed by atoms with Crippen molar-refractivity contribution in [1.29, 1.82) is 0 Å². The topological polar surface area (TPSA) is 85.8 Å². The summed E-state index contributed by atoms with van der Waals surface area (Å²) in [5, 5.41) is 14.5. The van der Waals surface area contributed by atoms with Crippen LogP contribution >= 0.6 is 0 Å². The monoisotopic (exact) mass is 249 g/mol. The van der Waals surface area contributed by atoms with Crippen molar-refractivity contribution in [3.05, 3.63) is 18.4 Å². The molecule has 0 saturated carbocycles. The van der Waals surface area contributed by atoms with E-state index in [1.54, 1.807) is 12.1 Å². The third kappa shape index (κ3) is 2.93. The van der Waals surface area contributed by atoms with Gasteiger partial charge in [0.1, 0.15) is 6.54 Å². The predicted octanol–water partition coefficient (Wildman–Crippen LogP) is 0.848. The van der Waals surface area contributed by atoms with E-state index in [-0.39, 0.29) is 18.5 Å². The lowest BCUT2D eigenvalue weighted by Gasteiger charge is -2.10. The molecular weight excluding hydrogens is 234 g/mol. The number of hydrogen-bond acceptors (Lipinski definition) is 5. The maximum Gasteiger partial charge on any atom is 0.243 e. The van der Waals surface area contributed by atoms with Gasteiger partial charge in [-0.25, -0.2) is 0 Å². The normalized spacial score (nSPS) is 12.3. The molecule has 0 aliphatic carbocycles. The Hall–Kier alpha value is -2.18. The van der Waals surface area contributed by atoms with Gasteiger partial charge in [0, 0.05) is 6.04 Å². The number of amides is 1. The molecule has 1 atom stereocenters. The van der Waals surface area contributed by atoms with Crippen LogP contribution in [0.3, 0.4) is 0 Å². The van der Waals surface area contributed by atoms with Crippen LogP contribution in [0.15, 0.2) is 22.8 Å². The van der Waals surface area contributed by atoms with E-state index >= 15 is 0 Å². The van der Waals surface area contributed by atoms with E-state index in [1.165, 1.54) is 11.1 Å². The summed E-state index contributed by atoms with van der Waals surface area (Å²) in [6.07, 6.45) is 2.42. The van der Waals surface area contributed by atoms with Crippen molar-refractivity contribution in [3.8, 4) is 11.6 Å². The number of tetrazole rings is 1. The van der Waals surface area contributed by atoms with E-state index < -0.39 is 0 Å². The summed E-state index contributed by atoms with van der Waals surface area (Å²) in [7, 11) is 0. The average molecular weight is 249 g/mol. The zero-order valence-electron chi connectivity index (χ0n) is 10.3. The van der Waals surface area contributed by atoms with Gasteiger partial charge in [-0.1, -0.05) is 6.92 Å². The van der Waals surface area contributed by atoms with Crippen molar-refractivity contribution in [2.24, 2.45) is 0 Å². The molecule has 0 aliphatic rings. The summed E-state index contributed by atoms with van der Waals surface area (Å²) in [5.41, 5.74) is 0. The fraction of sp³-hybridized carbons (Fsp3) is 0.455. The minimum atomic E-state index is -0.132. The lowest BCUT2D eigenvalue weighted by Crippen LogP contribution is -2.35. The molecule has 18 heavy (non-hydrogen) atoms. The Balaban J connectivity index is 1.97. The quantitative estimate of drug-likeness (QED) is 0.848. The number of hydrogen-bond donors (Lipinski definition) is 1. The molecule has 7 nitrogen and oxygen atoms in total. The zero-order valence-corrected chi connectivity index (χ0v) is 10.3. The molecule has 1 unspecified atom stereocenters. The van der Waals surface area contributed by atoms with Crippen LogP contribution in [0.4, 0.5) is 0 Å². The standard InChI is InChI=1S/C11H15N5O2/c1-3-8(2)12-10(17)7-16-14-11(13-15-16)9-5-4-6-18-9/h4-6,8H,3,7H2,1-2H3,(H,12,17). The Labute approximate surface area is 104 Å². The second-order valence-electron chi connectivity index (χ2n) is 4.00. The van der Waals surface area contributed by atoms with Gasteiger partial charge in [0.15, 0.2) is 5.76 Å². The maximum absolute atomic E-state index is 11.6. The summed E-state index contributed by atoms with van der Waals surface area (Å²) < 4.78 is 5.14. The molecule has 7 heteroatoms. The number of nitrogens with one attached hydrogen (secondary N) is 1. The summed E-state index contributed by atoms with van der Waals surface area (Å²) in [5.74, 6) is 0.771. The van der Waals surface area contributed by atoms with E-state index in [4.69, 9.17) is 4.42 Å². The first-order valence-electron chi connectivity index (χ1n) is 5.80. The first kappa shape index (κ1) is 12.3. The molecule has 0 radical (unpaired) electrons. The van der Waals surface area contributed by atoms with Crippen LogP contribution in [-0.2, 0) is 11.3 Å². The van der Waals surface area contributed by atoms with Gasteiger partial charge in [0.05, 0.1) is 6.26 Å². The highest BCUT2D eigenvalue weighted by atomic mass is 16.3. The minimum absolute atomic E-state index is 0.0536. The SMILES string of the molecule is CCC(C)NC(=O)Cn1nnc(-c2ccco2)n1. The second-order valence-corrected chi connectivity index (χ2v) is 4.00. The van der Waals surface area contributed by atoms with Crippen LogP contribution in [0.2, 0.25) is 0 Å². The lowest BCUT2D eigenvalue weighted by molar-refractivity contribution is -0.122. The van der Waals surface area contributed by atoms with Crippen molar-refractivity contribution in [1.82, 2.24) is 25.5 Å². The van der Waals surface area contributed by atoms with Crippen LogP contribution in [0.25, 0.3) is 11.6 Å². The molecule has 2 heterocycles. The molecule has 0 saturated heterocycles.